The largest absolute Gasteiger partial charge is 0.252 e. The molecule has 5 aromatic rings. The molecule has 2 aromatic heterocycles. The molecule has 4 heteroatoms. The number of aromatic nitrogens is 4. The van der Waals surface area contributed by atoms with Crippen LogP contribution in [0, 0.1) is 0 Å². The maximum absolute atomic E-state index is 2.27. The molecule has 0 aliphatic carbocycles. The molecular weight excluding hydrogens is 368 g/mol. The third-order valence-electron chi connectivity index (χ3n) is 5.27. The third kappa shape index (κ3) is 3.80. The summed E-state index contributed by atoms with van der Waals surface area (Å²) in [5.41, 5.74) is 6.01. The number of hydrogen-bond donors (Lipinski definition) is 0. The van der Waals surface area contributed by atoms with Gasteiger partial charge < -0.3 is 0 Å². The summed E-state index contributed by atoms with van der Waals surface area (Å²) in [6.07, 6.45) is 12.6. The van der Waals surface area contributed by atoms with E-state index in [-0.39, 0.29) is 0 Å². The Hall–Kier alpha value is -3.92. The Morgan fingerprint density at radius 2 is 1.30 bits per heavy atom. The molecule has 0 aliphatic rings. The molecule has 0 saturated heterocycles. The van der Waals surface area contributed by atoms with E-state index in [1.54, 1.807) is 0 Å². The van der Waals surface area contributed by atoms with Gasteiger partial charge in [0.05, 0.1) is 7.05 Å². The topological polar surface area (TPSA) is 17.6 Å². The van der Waals surface area contributed by atoms with Gasteiger partial charge in [-0.2, -0.15) is 9.13 Å². The van der Waals surface area contributed by atoms with Crippen LogP contribution in [0.5, 0.6) is 0 Å². The fraction of sp³-hybridized carbons (Fsp3) is 0.0769. The van der Waals surface area contributed by atoms with Gasteiger partial charge in [0.2, 0.25) is 13.0 Å². The lowest BCUT2D eigenvalue weighted by Gasteiger charge is -2.09. The number of aryl methyl sites for hydroxylation is 1. The molecular formula is C26H24N4+2. The first kappa shape index (κ1) is 18.1. The predicted molar refractivity (Wildman–Crippen MR) is 118 cm³/mol. The van der Waals surface area contributed by atoms with Crippen LogP contribution >= 0.6 is 0 Å². The van der Waals surface area contributed by atoms with Gasteiger partial charge in [-0.15, -0.1) is 0 Å². The first-order chi connectivity index (χ1) is 14.7. The van der Waals surface area contributed by atoms with E-state index in [0.717, 1.165) is 12.4 Å². The molecule has 3 aromatic carbocycles. The summed E-state index contributed by atoms with van der Waals surface area (Å²) in [4.78, 5) is 0. The van der Waals surface area contributed by atoms with Gasteiger partial charge in [0.1, 0.15) is 30.5 Å². The summed E-state index contributed by atoms with van der Waals surface area (Å²) >= 11 is 0. The third-order valence-corrected chi connectivity index (χ3v) is 5.27. The average Bonchev–Trinajstić information content (AvgIpc) is 3.44. The Balaban J connectivity index is 1.56. The standard InChI is InChI=1S/C26H24N4/c1-27-12-13-28(19-27)20-29-14-15-30(21-29)26-17-24(22-8-4-2-5-9-22)16-25(18-26)23-10-6-3-7-11-23/h2-19,21H,20H2,1H3/q+2. The molecule has 0 saturated carbocycles. The van der Waals surface area contributed by atoms with Gasteiger partial charge in [-0.1, -0.05) is 60.7 Å². The number of hydrogen-bond acceptors (Lipinski definition) is 0. The molecule has 0 unspecified atom stereocenters. The summed E-state index contributed by atoms with van der Waals surface area (Å²) < 4.78 is 8.56. The molecule has 5 rings (SSSR count). The molecule has 0 N–H and O–H groups in total. The highest BCUT2D eigenvalue weighted by Gasteiger charge is 2.13. The Morgan fingerprint density at radius 1 is 0.667 bits per heavy atom. The Labute approximate surface area is 176 Å². The van der Waals surface area contributed by atoms with Crippen molar-refractivity contribution in [1.29, 1.82) is 0 Å². The summed E-state index contributed by atoms with van der Waals surface area (Å²) in [6.45, 7) is 0.776. The number of nitrogens with zero attached hydrogens (tertiary/aromatic N) is 4. The Kier molecular flexibility index (Phi) is 4.74. The van der Waals surface area contributed by atoms with Crippen molar-refractivity contribution in [2.45, 2.75) is 6.67 Å². The second-order valence-electron chi connectivity index (χ2n) is 7.57. The molecule has 2 heterocycles. The summed E-state index contributed by atoms with van der Waals surface area (Å²) in [6, 6.07) is 27.9. The Bertz CT molecular complexity index is 1210. The lowest BCUT2D eigenvalue weighted by Crippen LogP contribution is -2.35. The van der Waals surface area contributed by atoms with Crippen LogP contribution in [0.1, 0.15) is 0 Å². The molecule has 0 atom stereocenters. The average molecular weight is 393 g/mol. The maximum atomic E-state index is 2.27. The SMILES string of the molecule is C[n+]1ccn(C[n+]2ccn(-c3cc(-c4ccccc4)cc(-c4ccccc4)c3)c2)c1. The lowest BCUT2D eigenvalue weighted by molar-refractivity contribution is -0.706. The van der Waals surface area contributed by atoms with E-state index >= 15 is 0 Å². The van der Waals surface area contributed by atoms with Crippen LogP contribution in [-0.4, -0.2) is 9.13 Å². The van der Waals surface area contributed by atoms with Crippen LogP contribution in [0.2, 0.25) is 0 Å². The van der Waals surface area contributed by atoms with Gasteiger partial charge in [-0.3, -0.25) is 0 Å². The zero-order valence-corrected chi connectivity index (χ0v) is 17.0. The molecule has 0 aliphatic heterocycles. The molecule has 0 radical (unpaired) electrons. The highest BCUT2D eigenvalue weighted by molar-refractivity contribution is 5.76. The molecule has 0 fully saturated rings. The van der Waals surface area contributed by atoms with Crippen molar-refractivity contribution in [2.75, 3.05) is 0 Å². The van der Waals surface area contributed by atoms with E-state index in [1.807, 2.05) is 17.8 Å². The van der Waals surface area contributed by atoms with Gasteiger partial charge in [-0.05, 0) is 40.5 Å². The maximum Gasteiger partial charge on any atom is 0.252 e. The van der Waals surface area contributed by atoms with E-state index in [2.05, 4.69) is 124 Å². The first-order valence-electron chi connectivity index (χ1n) is 10.1. The van der Waals surface area contributed by atoms with Crippen molar-refractivity contribution in [1.82, 2.24) is 9.13 Å². The van der Waals surface area contributed by atoms with Crippen LogP contribution in [-0.2, 0) is 13.7 Å². The lowest BCUT2D eigenvalue weighted by atomic mass is 9.98. The van der Waals surface area contributed by atoms with Crippen molar-refractivity contribution in [3.8, 4) is 27.9 Å². The van der Waals surface area contributed by atoms with E-state index in [4.69, 9.17) is 0 Å². The van der Waals surface area contributed by atoms with Crippen molar-refractivity contribution >= 4 is 0 Å². The van der Waals surface area contributed by atoms with Gasteiger partial charge in [0, 0.05) is 0 Å². The van der Waals surface area contributed by atoms with Gasteiger partial charge in [-0.25, -0.2) is 9.13 Å². The van der Waals surface area contributed by atoms with Crippen molar-refractivity contribution in [3.63, 3.8) is 0 Å². The minimum atomic E-state index is 0.776. The Morgan fingerprint density at radius 3 is 1.87 bits per heavy atom. The van der Waals surface area contributed by atoms with Crippen LogP contribution in [0.25, 0.3) is 27.9 Å². The predicted octanol–water partition coefficient (Wildman–Crippen LogP) is 4.23. The highest BCUT2D eigenvalue weighted by atomic mass is 15.2. The molecule has 0 amide bonds. The summed E-state index contributed by atoms with van der Waals surface area (Å²) in [5, 5.41) is 0. The minimum absolute atomic E-state index is 0.776. The van der Waals surface area contributed by atoms with E-state index < -0.39 is 0 Å². The number of rotatable bonds is 5. The summed E-state index contributed by atoms with van der Waals surface area (Å²) in [5.74, 6) is 0. The molecule has 146 valence electrons. The summed E-state index contributed by atoms with van der Waals surface area (Å²) in [7, 11) is 2.03. The highest BCUT2D eigenvalue weighted by Crippen LogP contribution is 2.29. The fourth-order valence-electron chi connectivity index (χ4n) is 3.76. The number of benzene rings is 3. The quantitative estimate of drug-likeness (QED) is 0.399. The van der Waals surface area contributed by atoms with Gasteiger partial charge in [0.15, 0.2) is 0 Å². The first-order valence-corrected chi connectivity index (χ1v) is 10.1. The van der Waals surface area contributed by atoms with Crippen molar-refractivity contribution in [2.24, 2.45) is 7.05 Å². The minimum Gasteiger partial charge on any atom is -0.239 e. The van der Waals surface area contributed by atoms with Crippen LogP contribution in [0.4, 0.5) is 0 Å². The van der Waals surface area contributed by atoms with Gasteiger partial charge in [0.25, 0.3) is 6.33 Å². The smallest absolute Gasteiger partial charge is 0.239 e. The van der Waals surface area contributed by atoms with Crippen LogP contribution in [0.3, 0.4) is 0 Å². The molecule has 4 nitrogen and oxygen atoms in total. The van der Waals surface area contributed by atoms with E-state index in [1.165, 1.54) is 22.3 Å². The number of imidazole rings is 2. The van der Waals surface area contributed by atoms with E-state index in [0.29, 0.717) is 0 Å². The van der Waals surface area contributed by atoms with Gasteiger partial charge >= 0.3 is 0 Å². The fourth-order valence-corrected chi connectivity index (χ4v) is 3.76. The second kappa shape index (κ2) is 7.84. The van der Waals surface area contributed by atoms with Crippen LogP contribution in [0.15, 0.2) is 116 Å². The molecule has 0 bridgehead atoms. The second-order valence-corrected chi connectivity index (χ2v) is 7.57. The zero-order valence-electron chi connectivity index (χ0n) is 17.0. The molecule has 30 heavy (non-hydrogen) atoms. The zero-order chi connectivity index (χ0) is 20.3. The van der Waals surface area contributed by atoms with E-state index in [9.17, 15) is 0 Å². The monoisotopic (exact) mass is 392 g/mol. The normalized spacial score (nSPS) is 11.0. The molecule has 0 spiro atoms. The van der Waals surface area contributed by atoms with Crippen molar-refractivity contribution < 1.29 is 9.13 Å². The van der Waals surface area contributed by atoms with Crippen LogP contribution < -0.4 is 9.13 Å². The van der Waals surface area contributed by atoms with Crippen molar-refractivity contribution in [3.05, 3.63) is 116 Å².